The van der Waals surface area contributed by atoms with Crippen LogP contribution in [0.15, 0.2) is 118 Å². The molecule has 0 unspecified atom stereocenters. The lowest BCUT2D eigenvalue weighted by Crippen LogP contribution is -2.38. The highest BCUT2D eigenvalue weighted by molar-refractivity contribution is 14.1. The van der Waals surface area contributed by atoms with Crippen LogP contribution < -0.4 is 29.1 Å². The molecule has 238 valence electrons. The Bertz CT molecular complexity index is 2420. The first kappa shape index (κ1) is 30.7. The van der Waals surface area contributed by atoms with E-state index < -0.39 is 0 Å². The van der Waals surface area contributed by atoms with Crippen molar-refractivity contribution in [2.75, 3.05) is 14.2 Å². The Kier molecular flexibility index (Phi) is 8.14. The fraction of sp³-hybridized carbons (Fsp3) is 0.150. The monoisotopic (exact) mass is 762 g/mol. The number of benzene rings is 5. The molecule has 0 saturated heterocycles. The fourth-order valence-corrected chi connectivity index (χ4v) is 8.57. The zero-order valence-corrected chi connectivity index (χ0v) is 29.4. The fourth-order valence-electron chi connectivity index (χ4n) is 6.79. The summed E-state index contributed by atoms with van der Waals surface area (Å²) in [6, 6.07) is 34.8. The molecule has 0 amide bonds. The van der Waals surface area contributed by atoms with Crippen molar-refractivity contribution in [3.05, 3.63) is 160 Å². The van der Waals surface area contributed by atoms with Crippen LogP contribution in [0.1, 0.15) is 40.3 Å². The maximum Gasteiger partial charge on any atom is 0.271 e. The van der Waals surface area contributed by atoms with Gasteiger partial charge < -0.3 is 14.2 Å². The zero-order chi connectivity index (χ0) is 32.8. The van der Waals surface area contributed by atoms with Gasteiger partial charge in [-0.25, -0.2) is 4.99 Å². The number of nitrogens with zero attached hydrogens (tertiary/aromatic N) is 2. The molecule has 2 heterocycles. The minimum atomic E-state index is -0.253. The number of ether oxygens (including phenoxy) is 3. The maximum atomic E-state index is 14.3. The van der Waals surface area contributed by atoms with Crippen molar-refractivity contribution in [1.82, 2.24) is 4.57 Å². The Hall–Kier alpha value is -4.67. The Balaban J connectivity index is 1.20. The first-order valence-corrected chi connectivity index (χ1v) is 17.7. The molecule has 0 radical (unpaired) electrons. The van der Waals surface area contributed by atoms with Gasteiger partial charge in [-0.2, -0.15) is 0 Å². The molecule has 1 aliphatic heterocycles. The first-order valence-electron chi connectivity index (χ1n) is 15.8. The summed E-state index contributed by atoms with van der Waals surface area (Å²) in [5.74, 6) is 2.07. The van der Waals surface area contributed by atoms with Gasteiger partial charge in [-0.1, -0.05) is 90.2 Å². The van der Waals surface area contributed by atoms with Gasteiger partial charge in [-0.05, 0) is 104 Å². The van der Waals surface area contributed by atoms with Gasteiger partial charge in [0.2, 0.25) is 0 Å². The highest BCUT2D eigenvalue weighted by atomic mass is 127. The quantitative estimate of drug-likeness (QED) is 0.157. The summed E-state index contributed by atoms with van der Waals surface area (Å²) in [5, 5.41) is 2.34. The van der Waals surface area contributed by atoms with E-state index in [4.69, 9.17) is 19.2 Å². The molecule has 8 heteroatoms. The molecule has 6 nitrogen and oxygen atoms in total. The van der Waals surface area contributed by atoms with Crippen molar-refractivity contribution in [1.29, 1.82) is 0 Å². The molecule has 1 aliphatic carbocycles. The largest absolute Gasteiger partial charge is 0.497 e. The minimum Gasteiger partial charge on any atom is -0.497 e. The Morgan fingerprint density at radius 1 is 0.917 bits per heavy atom. The van der Waals surface area contributed by atoms with E-state index in [0.717, 1.165) is 50.1 Å². The van der Waals surface area contributed by atoms with Crippen LogP contribution in [0.4, 0.5) is 0 Å². The second-order valence-corrected chi connectivity index (χ2v) is 14.0. The van der Waals surface area contributed by atoms with E-state index in [1.54, 1.807) is 14.2 Å². The topological polar surface area (TPSA) is 62.0 Å². The van der Waals surface area contributed by atoms with Crippen molar-refractivity contribution in [3.8, 4) is 17.2 Å². The van der Waals surface area contributed by atoms with Crippen LogP contribution in [-0.2, 0) is 13.0 Å². The standard InChI is InChI=1S/C40H31IN2O4S/c1-45-29-17-14-27(15-18-29)37-32-19-16-26-9-4-6-13-31(26)36(32)42-40-43(37)39(44)35(48-40)22-24-20-33(41)38(34(21-24)46-2)47-23-28-11-7-10-25-8-3-5-12-30(25)28/h3-15,17-18,20-22,37H,16,19,23H2,1-2H3/b35-22+/t37-/m0/s1. The van der Waals surface area contributed by atoms with Gasteiger partial charge in [0.1, 0.15) is 12.4 Å². The van der Waals surface area contributed by atoms with Crippen LogP contribution in [-0.4, -0.2) is 18.8 Å². The summed E-state index contributed by atoms with van der Waals surface area (Å²) in [7, 11) is 3.31. The summed E-state index contributed by atoms with van der Waals surface area (Å²) in [6.45, 7) is 0.408. The SMILES string of the molecule is COc1ccc([C@H]2C3=C(N=c4s/c(=C/c5cc(I)c(OCc6cccc7ccccc67)c(OC)c5)c(=O)n42)c2ccccc2CC3)cc1. The lowest BCUT2D eigenvalue weighted by Gasteiger charge is -2.30. The molecule has 5 aromatic carbocycles. The second-order valence-electron chi connectivity index (χ2n) is 11.8. The van der Waals surface area contributed by atoms with E-state index >= 15 is 0 Å². The van der Waals surface area contributed by atoms with Gasteiger partial charge in [0.25, 0.3) is 5.56 Å². The number of aromatic nitrogens is 1. The Morgan fingerprint density at radius 3 is 2.54 bits per heavy atom. The van der Waals surface area contributed by atoms with Crippen molar-refractivity contribution in [2.45, 2.75) is 25.5 Å². The van der Waals surface area contributed by atoms with Crippen molar-refractivity contribution >= 4 is 56.5 Å². The third-order valence-electron chi connectivity index (χ3n) is 9.11. The highest BCUT2D eigenvalue weighted by Crippen LogP contribution is 2.41. The predicted molar refractivity (Wildman–Crippen MR) is 200 cm³/mol. The molecule has 6 aromatic rings. The van der Waals surface area contributed by atoms with E-state index in [-0.39, 0.29) is 11.6 Å². The van der Waals surface area contributed by atoms with Crippen LogP contribution in [0.5, 0.6) is 17.2 Å². The first-order chi connectivity index (χ1) is 23.5. The summed E-state index contributed by atoms with van der Waals surface area (Å²) in [4.78, 5) is 20.1. The second kappa shape index (κ2) is 12.7. The minimum absolute atomic E-state index is 0.0600. The third kappa shape index (κ3) is 5.42. The van der Waals surface area contributed by atoms with Gasteiger partial charge in [0.05, 0.1) is 34.1 Å². The molecule has 0 spiro atoms. The van der Waals surface area contributed by atoms with Crippen molar-refractivity contribution in [2.24, 2.45) is 4.99 Å². The summed E-state index contributed by atoms with van der Waals surface area (Å²) < 4.78 is 21.0. The van der Waals surface area contributed by atoms with Gasteiger partial charge in [0.15, 0.2) is 16.3 Å². The van der Waals surface area contributed by atoms with Crippen molar-refractivity contribution in [3.63, 3.8) is 0 Å². The van der Waals surface area contributed by atoms with Crippen LogP contribution in [0.3, 0.4) is 0 Å². The van der Waals surface area contributed by atoms with E-state index in [1.165, 1.54) is 33.2 Å². The number of rotatable bonds is 7. The number of thiazole rings is 1. The molecule has 0 fully saturated rings. The normalized spacial score (nSPS) is 15.4. The third-order valence-corrected chi connectivity index (χ3v) is 10.9. The summed E-state index contributed by atoms with van der Waals surface area (Å²) >= 11 is 3.70. The van der Waals surface area contributed by atoms with E-state index in [9.17, 15) is 4.79 Å². The van der Waals surface area contributed by atoms with Crippen LogP contribution in [0, 0.1) is 3.57 Å². The number of aryl methyl sites for hydroxylation is 1. The molecular formula is C40H31IN2O4S. The molecule has 48 heavy (non-hydrogen) atoms. The van der Waals surface area contributed by atoms with Gasteiger partial charge in [0, 0.05) is 5.56 Å². The molecule has 0 N–H and O–H groups in total. The molecule has 0 bridgehead atoms. The molecule has 2 aliphatic rings. The van der Waals surface area contributed by atoms with Gasteiger partial charge in [-0.3, -0.25) is 9.36 Å². The van der Waals surface area contributed by atoms with E-state index in [2.05, 4.69) is 89.3 Å². The van der Waals surface area contributed by atoms with Gasteiger partial charge >= 0.3 is 0 Å². The predicted octanol–water partition coefficient (Wildman–Crippen LogP) is 7.67. The number of hydrogen-bond acceptors (Lipinski definition) is 6. The molecule has 1 atom stereocenters. The number of methoxy groups -OCH3 is 2. The lowest BCUT2D eigenvalue weighted by atomic mass is 9.83. The highest BCUT2D eigenvalue weighted by Gasteiger charge is 2.32. The smallest absolute Gasteiger partial charge is 0.271 e. The maximum absolute atomic E-state index is 14.3. The number of allylic oxidation sites excluding steroid dienone is 1. The lowest BCUT2D eigenvalue weighted by molar-refractivity contribution is 0.283. The average Bonchev–Trinajstić information content (AvgIpc) is 3.43. The molecular weight excluding hydrogens is 731 g/mol. The van der Waals surface area contributed by atoms with E-state index in [1.807, 2.05) is 47.0 Å². The number of halogens is 1. The van der Waals surface area contributed by atoms with Crippen LogP contribution >= 0.6 is 33.9 Å². The average molecular weight is 763 g/mol. The van der Waals surface area contributed by atoms with Crippen LogP contribution in [0.2, 0.25) is 0 Å². The summed E-state index contributed by atoms with van der Waals surface area (Å²) in [6.07, 6.45) is 3.69. The number of hydrogen-bond donors (Lipinski definition) is 0. The Labute approximate surface area is 295 Å². The number of fused-ring (bicyclic) bond motifs is 4. The van der Waals surface area contributed by atoms with Gasteiger partial charge in [-0.15, -0.1) is 0 Å². The van der Waals surface area contributed by atoms with Crippen LogP contribution in [0.25, 0.3) is 22.5 Å². The van der Waals surface area contributed by atoms with Crippen molar-refractivity contribution < 1.29 is 14.2 Å². The summed E-state index contributed by atoms with van der Waals surface area (Å²) in [5.41, 5.74) is 7.52. The Morgan fingerprint density at radius 2 is 1.71 bits per heavy atom. The zero-order valence-electron chi connectivity index (χ0n) is 26.4. The molecule has 8 rings (SSSR count). The molecule has 1 aromatic heterocycles. The van der Waals surface area contributed by atoms with E-state index in [0.29, 0.717) is 27.4 Å². The molecule has 0 saturated carbocycles.